The van der Waals surface area contributed by atoms with Crippen LogP contribution in [0.1, 0.15) is 310 Å². The van der Waals surface area contributed by atoms with Gasteiger partial charge < -0.3 is 14.2 Å². The van der Waals surface area contributed by atoms with Gasteiger partial charge in [0.15, 0.2) is 6.10 Å². The lowest BCUT2D eigenvalue weighted by molar-refractivity contribution is -0.167. The molecule has 0 fully saturated rings. The fourth-order valence-electron chi connectivity index (χ4n) is 8.82. The van der Waals surface area contributed by atoms with Crippen LogP contribution < -0.4 is 0 Å². The van der Waals surface area contributed by atoms with Crippen LogP contribution in [0.5, 0.6) is 0 Å². The third-order valence-electron chi connectivity index (χ3n) is 13.4. The molecule has 416 valence electrons. The van der Waals surface area contributed by atoms with Gasteiger partial charge in [-0.2, -0.15) is 0 Å². The maximum Gasteiger partial charge on any atom is 0.306 e. The lowest BCUT2D eigenvalue weighted by Gasteiger charge is -2.18. The predicted octanol–water partition coefficient (Wildman–Crippen LogP) is 20.9. The Morgan fingerprint density at radius 2 is 0.542 bits per heavy atom. The molecule has 72 heavy (non-hydrogen) atoms. The van der Waals surface area contributed by atoms with E-state index in [0.717, 1.165) is 109 Å². The van der Waals surface area contributed by atoms with E-state index in [1.807, 2.05) is 0 Å². The van der Waals surface area contributed by atoms with Crippen molar-refractivity contribution in [2.75, 3.05) is 13.2 Å². The molecule has 0 bridgehead atoms. The molecule has 0 amide bonds. The summed E-state index contributed by atoms with van der Waals surface area (Å²) in [6, 6.07) is 0. The summed E-state index contributed by atoms with van der Waals surface area (Å²) in [5.74, 6) is -0.889. The number of ether oxygens (including phenoxy) is 3. The first-order valence-electron chi connectivity index (χ1n) is 30.9. The second kappa shape index (κ2) is 60.4. The summed E-state index contributed by atoms with van der Waals surface area (Å²) in [5, 5.41) is 0. The monoisotopic (exact) mass is 1000 g/mol. The summed E-state index contributed by atoms with van der Waals surface area (Å²) in [7, 11) is 0. The molecule has 0 aromatic heterocycles. The van der Waals surface area contributed by atoms with Crippen LogP contribution >= 0.6 is 0 Å². The Morgan fingerprint density at radius 3 is 0.847 bits per heavy atom. The molecule has 0 saturated carbocycles. The molecule has 0 aliphatic heterocycles. The second-order valence-electron chi connectivity index (χ2n) is 20.6. The minimum atomic E-state index is -0.785. The summed E-state index contributed by atoms with van der Waals surface area (Å²) in [6.07, 6.45) is 77.6. The summed E-state index contributed by atoms with van der Waals surface area (Å²) < 4.78 is 16.9. The molecule has 0 N–H and O–H groups in total. The summed E-state index contributed by atoms with van der Waals surface area (Å²) in [4.78, 5) is 38.2. The third-order valence-corrected chi connectivity index (χ3v) is 13.4. The quantitative estimate of drug-likeness (QED) is 0.0261. The van der Waals surface area contributed by atoms with Crippen LogP contribution in [0.4, 0.5) is 0 Å². The lowest BCUT2D eigenvalue weighted by Crippen LogP contribution is -2.30. The smallest absolute Gasteiger partial charge is 0.306 e. The van der Waals surface area contributed by atoms with E-state index in [1.165, 1.54) is 161 Å². The summed E-state index contributed by atoms with van der Waals surface area (Å²) in [6.45, 7) is 6.53. The van der Waals surface area contributed by atoms with Gasteiger partial charge in [0.1, 0.15) is 13.2 Å². The van der Waals surface area contributed by atoms with Crippen LogP contribution in [0, 0.1) is 0 Å². The highest BCUT2D eigenvalue weighted by atomic mass is 16.6. The first-order chi connectivity index (χ1) is 35.5. The molecule has 0 radical (unpaired) electrons. The molecule has 0 rings (SSSR count). The topological polar surface area (TPSA) is 78.9 Å². The Morgan fingerprint density at radius 1 is 0.292 bits per heavy atom. The number of rotatable bonds is 56. The third kappa shape index (κ3) is 57.7. The SMILES string of the molecule is CC/C=C\C/C=C\C/C=C\CCCCCCCC(=O)OC(COC(=O)CCCCCCCCCCCC/C=C\C/C=C\C/C=C\CCCCCCC)COC(=O)CCCCCCCCCCCCCCCC. The fraction of sp³-hybridized carbons (Fsp3) is 0.773. The van der Waals surface area contributed by atoms with E-state index in [9.17, 15) is 14.4 Å². The minimum absolute atomic E-state index is 0.0810. The Hall–Kier alpha value is -3.15. The van der Waals surface area contributed by atoms with E-state index >= 15 is 0 Å². The molecule has 0 aromatic rings. The zero-order chi connectivity index (χ0) is 52.2. The average Bonchev–Trinajstić information content (AvgIpc) is 3.38. The van der Waals surface area contributed by atoms with Crippen LogP contribution in [0.2, 0.25) is 0 Å². The van der Waals surface area contributed by atoms with E-state index in [0.29, 0.717) is 19.3 Å². The van der Waals surface area contributed by atoms with Gasteiger partial charge in [0.05, 0.1) is 0 Å². The molecule has 0 heterocycles. The Labute approximate surface area is 446 Å². The van der Waals surface area contributed by atoms with E-state index in [1.54, 1.807) is 0 Å². The Balaban J connectivity index is 4.31. The van der Waals surface area contributed by atoms with Crippen LogP contribution in [-0.2, 0) is 28.6 Å². The summed E-state index contributed by atoms with van der Waals surface area (Å²) in [5.41, 5.74) is 0. The number of carbonyl (C=O) groups excluding carboxylic acids is 3. The molecule has 0 aliphatic rings. The normalized spacial score (nSPS) is 12.5. The number of hydrogen-bond donors (Lipinski definition) is 0. The van der Waals surface area contributed by atoms with Crippen molar-refractivity contribution in [1.29, 1.82) is 0 Å². The van der Waals surface area contributed by atoms with Crippen molar-refractivity contribution < 1.29 is 28.6 Å². The molecular weight excluding hydrogens is 889 g/mol. The molecule has 0 spiro atoms. The number of unbranched alkanes of at least 4 members (excludes halogenated alkanes) is 33. The lowest BCUT2D eigenvalue weighted by atomic mass is 10.0. The highest BCUT2D eigenvalue weighted by Crippen LogP contribution is 2.16. The van der Waals surface area contributed by atoms with E-state index in [-0.39, 0.29) is 31.1 Å². The van der Waals surface area contributed by atoms with Crippen LogP contribution in [0.25, 0.3) is 0 Å². The van der Waals surface area contributed by atoms with E-state index in [4.69, 9.17) is 14.2 Å². The van der Waals surface area contributed by atoms with Gasteiger partial charge in [-0.3, -0.25) is 14.4 Å². The van der Waals surface area contributed by atoms with Crippen LogP contribution in [0.3, 0.4) is 0 Å². The van der Waals surface area contributed by atoms with Gasteiger partial charge in [-0.25, -0.2) is 0 Å². The number of esters is 3. The molecule has 6 heteroatoms. The first kappa shape index (κ1) is 68.8. The molecule has 1 unspecified atom stereocenters. The maximum atomic E-state index is 12.9. The molecule has 0 aromatic carbocycles. The van der Waals surface area contributed by atoms with E-state index < -0.39 is 6.10 Å². The highest BCUT2D eigenvalue weighted by molar-refractivity contribution is 5.71. The highest BCUT2D eigenvalue weighted by Gasteiger charge is 2.19. The van der Waals surface area contributed by atoms with Gasteiger partial charge >= 0.3 is 17.9 Å². The van der Waals surface area contributed by atoms with Crippen LogP contribution in [-0.4, -0.2) is 37.2 Å². The summed E-state index contributed by atoms with van der Waals surface area (Å²) >= 11 is 0. The van der Waals surface area contributed by atoms with Gasteiger partial charge in [0.2, 0.25) is 0 Å². The zero-order valence-corrected chi connectivity index (χ0v) is 47.7. The maximum absolute atomic E-state index is 12.9. The van der Waals surface area contributed by atoms with Gasteiger partial charge in [0, 0.05) is 19.3 Å². The number of carbonyl (C=O) groups is 3. The van der Waals surface area contributed by atoms with Crippen molar-refractivity contribution in [1.82, 2.24) is 0 Å². The van der Waals surface area contributed by atoms with Crippen molar-refractivity contribution >= 4 is 17.9 Å². The Bertz CT molecular complexity index is 1340. The first-order valence-corrected chi connectivity index (χ1v) is 30.9. The number of allylic oxidation sites excluding steroid dienone is 12. The van der Waals surface area contributed by atoms with Crippen molar-refractivity contribution in [3.8, 4) is 0 Å². The average molecular weight is 1010 g/mol. The molecule has 0 aliphatic carbocycles. The molecule has 0 saturated heterocycles. The van der Waals surface area contributed by atoms with Crippen molar-refractivity contribution in [3.05, 3.63) is 72.9 Å². The van der Waals surface area contributed by atoms with Gasteiger partial charge in [-0.15, -0.1) is 0 Å². The van der Waals surface area contributed by atoms with Crippen LogP contribution in [0.15, 0.2) is 72.9 Å². The predicted molar refractivity (Wildman–Crippen MR) is 311 cm³/mol. The second-order valence-corrected chi connectivity index (χ2v) is 20.6. The zero-order valence-electron chi connectivity index (χ0n) is 47.7. The molecule has 6 nitrogen and oxygen atoms in total. The van der Waals surface area contributed by atoms with Crippen molar-refractivity contribution in [3.63, 3.8) is 0 Å². The van der Waals surface area contributed by atoms with Gasteiger partial charge in [-0.05, 0) is 89.9 Å². The standard InChI is InChI=1S/C66H116O6/c1-4-7-10-13-16-19-22-25-28-29-30-31-32-33-34-35-36-37-39-41-44-47-50-53-56-59-65(68)71-62-63(61-70-64(67)58-55-52-49-46-43-40-27-24-21-18-15-12-9-6-3)72-66(69)60-57-54-51-48-45-42-38-26-23-20-17-14-11-8-5-2/h8,11,17,20,22,25-26,29-30,32-33,38,63H,4-7,9-10,12-16,18-19,21,23-24,27-28,31,34-37,39-62H2,1-3H3/b11-8-,20-17-,25-22-,30-29-,33-32-,38-26-. The minimum Gasteiger partial charge on any atom is -0.462 e. The number of hydrogen-bond acceptors (Lipinski definition) is 6. The van der Waals surface area contributed by atoms with Gasteiger partial charge in [0.25, 0.3) is 0 Å². The fourth-order valence-corrected chi connectivity index (χ4v) is 8.82. The van der Waals surface area contributed by atoms with Gasteiger partial charge in [-0.1, -0.05) is 273 Å². The van der Waals surface area contributed by atoms with Crippen molar-refractivity contribution in [2.45, 2.75) is 316 Å². The van der Waals surface area contributed by atoms with E-state index in [2.05, 4.69) is 93.7 Å². The molecule has 1 atom stereocenters. The molecular formula is C66H116O6. The Kier molecular flexibility index (Phi) is 57.8. The largest absolute Gasteiger partial charge is 0.462 e. The van der Waals surface area contributed by atoms with Crippen molar-refractivity contribution in [2.24, 2.45) is 0 Å².